The van der Waals surface area contributed by atoms with Crippen molar-refractivity contribution in [3.05, 3.63) is 23.8 Å². The second-order valence-corrected chi connectivity index (χ2v) is 12.6. The highest BCUT2D eigenvalue weighted by Gasteiger charge is 2.59. The maximum Gasteiger partial charge on any atom is 0.210 e. The zero-order valence-electron chi connectivity index (χ0n) is 21.0. The van der Waals surface area contributed by atoms with E-state index in [4.69, 9.17) is 0 Å². The number of aliphatic hydroxyl groups is 1. The molecule has 0 aromatic rings. The van der Waals surface area contributed by atoms with Crippen molar-refractivity contribution in [2.45, 2.75) is 105 Å². The highest BCUT2D eigenvalue weighted by molar-refractivity contribution is 5.26. The van der Waals surface area contributed by atoms with Crippen LogP contribution in [-0.2, 0) is 0 Å². The molecule has 1 nitrogen and oxygen atoms in total. The van der Waals surface area contributed by atoms with E-state index in [1.807, 2.05) is 0 Å². The molecule has 0 radical (unpaired) electrons. The molecule has 0 spiro atoms. The first kappa shape index (κ1) is 23.5. The smallest absolute Gasteiger partial charge is 0.210 e. The SMILES string of the molecule is CC[C@@H](/C=C/[C@@H](C)[C@H]1CC[C@H]2[C@@H]3CC=C4C[C@@](O)(F)CC[C@]4(C)[C@H]3CC[C@]12C)C(C)C. The molecule has 3 fully saturated rings. The summed E-state index contributed by atoms with van der Waals surface area (Å²) in [6.45, 7) is 14.5. The van der Waals surface area contributed by atoms with Crippen molar-refractivity contribution in [3.8, 4) is 0 Å². The van der Waals surface area contributed by atoms with Gasteiger partial charge in [0.1, 0.15) is 0 Å². The highest BCUT2D eigenvalue weighted by Crippen LogP contribution is 2.67. The third kappa shape index (κ3) is 3.98. The lowest BCUT2D eigenvalue weighted by Crippen LogP contribution is -2.51. The largest absolute Gasteiger partial charge is 0.361 e. The summed E-state index contributed by atoms with van der Waals surface area (Å²) in [5.41, 5.74) is 1.78. The minimum atomic E-state index is -1.98. The lowest BCUT2D eigenvalue weighted by molar-refractivity contribution is -0.133. The normalized spacial score (nSPS) is 46.9. The van der Waals surface area contributed by atoms with Crippen LogP contribution in [0.25, 0.3) is 0 Å². The van der Waals surface area contributed by atoms with Gasteiger partial charge in [-0.3, -0.25) is 0 Å². The van der Waals surface area contributed by atoms with Crippen LogP contribution in [0.4, 0.5) is 4.39 Å². The van der Waals surface area contributed by atoms with E-state index < -0.39 is 5.85 Å². The van der Waals surface area contributed by atoms with Crippen LogP contribution in [-0.4, -0.2) is 11.0 Å². The minimum Gasteiger partial charge on any atom is -0.361 e. The Hall–Kier alpha value is -0.630. The molecule has 4 rings (SSSR count). The van der Waals surface area contributed by atoms with Crippen molar-refractivity contribution < 1.29 is 9.50 Å². The second-order valence-electron chi connectivity index (χ2n) is 12.6. The molecular formula is C29H47FO. The Morgan fingerprint density at radius 3 is 2.48 bits per heavy atom. The second kappa shape index (κ2) is 8.30. The van der Waals surface area contributed by atoms with Gasteiger partial charge in [-0.15, -0.1) is 0 Å². The Bertz CT molecular complexity index is 720. The zero-order chi connectivity index (χ0) is 22.6. The van der Waals surface area contributed by atoms with Crippen LogP contribution >= 0.6 is 0 Å². The summed E-state index contributed by atoms with van der Waals surface area (Å²) in [6, 6.07) is 0. The molecule has 1 N–H and O–H groups in total. The number of alkyl halides is 1. The fourth-order valence-electron chi connectivity index (χ4n) is 8.79. The molecule has 0 saturated heterocycles. The van der Waals surface area contributed by atoms with Crippen molar-refractivity contribution in [1.82, 2.24) is 0 Å². The van der Waals surface area contributed by atoms with Gasteiger partial charge in [-0.1, -0.05) is 65.3 Å². The Balaban J connectivity index is 1.53. The molecule has 4 aliphatic rings. The van der Waals surface area contributed by atoms with Crippen LogP contribution in [0.2, 0.25) is 0 Å². The van der Waals surface area contributed by atoms with Gasteiger partial charge in [0, 0.05) is 12.8 Å². The molecule has 0 unspecified atom stereocenters. The van der Waals surface area contributed by atoms with Crippen molar-refractivity contribution >= 4 is 0 Å². The van der Waals surface area contributed by atoms with Crippen molar-refractivity contribution in [2.24, 2.45) is 52.3 Å². The Kier molecular flexibility index (Phi) is 6.30. The zero-order valence-corrected chi connectivity index (χ0v) is 21.0. The highest BCUT2D eigenvalue weighted by atomic mass is 19.2. The van der Waals surface area contributed by atoms with E-state index >= 15 is 0 Å². The Morgan fingerprint density at radius 2 is 1.81 bits per heavy atom. The average Bonchev–Trinajstić information content (AvgIpc) is 3.06. The number of hydrogen-bond acceptors (Lipinski definition) is 1. The van der Waals surface area contributed by atoms with E-state index in [0.29, 0.717) is 29.6 Å². The van der Waals surface area contributed by atoms with E-state index in [1.54, 1.807) is 0 Å². The molecule has 0 amide bonds. The molecule has 0 heterocycles. The fourth-order valence-corrected chi connectivity index (χ4v) is 8.79. The van der Waals surface area contributed by atoms with Crippen LogP contribution < -0.4 is 0 Å². The topological polar surface area (TPSA) is 20.2 Å². The van der Waals surface area contributed by atoms with Crippen LogP contribution in [0.5, 0.6) is 0 Å². The fraction of sp³-hybridized carbons (Fsp3) is 0.862. The average molecular weight is 431 g/mol. The first-order chi connectivity index (χ1) is 14.5. The number of rotatable bonds is 5. The van der Waals surface area contributed by atoms with Gasteiger partial charge in [0.25, 0.3) is 0 Å². The first-order valence-corrected chi connectivity index (χ1v) is 13.3. The summed E-state index contributed by atoms with van der Waals surface area (Å²) >= 11 is 0. The molecule has 3 saturated carbocycles. The monoisotopic (exact) mass is 430 g/mol. The minimum absolute atomic E-state index is 0.109. The van der Waals surface area contributed by atoms with Crippen molar-refractivity contribution in [3.63, 3.8) is 0 Å². The molecule has 31 heavy (non-hydrogen) atoms. The van der Waals surface area contributed by atoms with Crippen molar-refractivity contribution in [1.29, 1.82) is 0 Å². The third-order valence-corrected chi connectivity index (χ3v) is 10.8. The predicted molar refractivity (Wildman–Crippen MR) is 128 cm³/mol. The first-order valence-electron chi connectivity index (χ1n) is 13.3. The maximum atomic E-state index is 14.4. The van der Waals surface area contributed by atoms with Crippen molar-refractivity contribution in [2.75, 3.05) is 0 Å². The van der Waals surface area contributed by atoms with Gasteiger partial charge >= 0.3 is 0 Å². The van der Waals surface area contributed by atoms with Gasteiger partial charge in [0.15, 0.2) is 0 Å². The van der Waals surface area contributed by atoms with Crippen LogP contribution in [0.15, 0.2) is 23.8 Å². The summed E-state index contributed by atoms with van der Waals surface area (Å²) in [5, 5.41) is 10.0. The summed E-state index contributed by atoms with van der Waals surface area (Å²) in [5.74, 6) is 3.12. The lowest BCUT2D eigenvalue weighted by atomic mass is 9.47. The Labute approximate surface area is 191 Å². The van der Waals surface area contributed by atoms with E-state index in [9.17, 15) is 9.50 Å². The quantitative estimate of drug-likeness (QED) is 0.437. The summed E-state index contributed by atoms with van der Waals surface area (Å²) in [7, 11) is 0. The third-order valence-electron chi connectivity index (χ3n) is 10.8. The van der Waals surface area contributed by atoms with Gasteiger partial charge in [0.05, 0.1) is 0 Å². The number of allylic oxidation sites excluding steroid dienone is 3. The molecular weight excluding hydrogens is 383 g/mol. The predicted octanol–water partition coefficient (Wildman–Crippen LogP) is 8.10. The number of halogens is 1. The number of fused-ring (bicyclic) bond motifs is 5. The van der Waals surface area contributed by atoms with E-state index in [0.717, 1.165) is 36.5 Å². The van der Waals surface area contributed by atoms with Crippen LogP contribution in [0.1, 0.15) is 99.3 Å². The van der Waals surface area contributed by atoms with Crippen LogP contribution in [0.3, 0.4) is 0 Å². The van der Waals surface area contributed by atoms with E-state index in [1.165, 1.54) is 37.7 Å². The van der Waals surface area contributed by atoms with Gasteiger partial charge in [0.2, 0.25) is 5.85 Å². The number of hydrogen-bond donors (Lipinski definition) is 1. The summed E-state index contributed by atoms with van der Waals surface area (Å²) in [4.78, 5) is 0. The van der Waals surface area contributed by atoms with Gasteiger partial charge in [-0.05, 0) is 97.2 Å². The van der Waals surface area contributed by atoms with Crippen LogP contribution in [0, 0.1) is 52.3 Å². The standard InChI is InChI=1S/C29H47FO/c1-7-21(19(2)3)9-8-20(4)24-12-13-25-23-11-10-22-18-29(30,31)17-16-27(22,5)26(23)14-15-28(24,25)6/h8-10,19-21,23-26,31H,7,11-18H2,1-6H3/b9-8+/t20-,21+,23+,24-,25+,26+,27+,28-,29-/m1/s1. The summed E-state index contributed by atoms with van der Waals surface area (Å²) < 4.78 is 14.4. The molecule has 176 valence electrons. The Morgan fingerprint density at radius 1 is 1.06 bits per heavy atom. The molecule has 0 aliphatic heterocycles. The molecule has 0 aromatic heterocycles. The molecule has 0 aromatic carbocycles. The van der Waals surface area contributed by atoms with E-state index in [2.05, 4.69) is 59.8 Å². The molecule has 4 aliphatic carbocycles. The van der Waals surface area contributed by atoms with E-state index in [-0.39, 0.29) is 11.8 Å². The molecule has 9 atom stereocenters. The molecule has 2 heteroatoms. The molecule has 0 bridgehead atoms. The van der Waals surface area contributed by atoms with Gasteiger partial charge < -0.3 is 5.11 Å². The summed E-state index contributed by atoms with van der Waals surface area (Å²) in [6.07, 6.45) is 16.5. The van der Waals surface area contributed by atoms with Gasteiger partial charge in [-0.25, -0.2) is 4.39 Å². The van der Waals surface area contributed by atoms with Gasteiger partial charge in [-0.2, -0.15) is 0 Å². The maximum absolute atomic E-state index is 14.4. The lowest BCUT2D eigenvalue weighted by Gasteiger charge is -2.58.